The van der Waals surface area contributed by atoms with Crippen molar-refractivity contribution in [3.8, 4) is 22.9 Å². The van der Waals surface area contributed by atoms with Crippen LogP contribution in [0.5, 0.6) is 11.5 Å². The summed E-state index contributed by atoms with van der Waals surface area (Å²) in [6.07, 6.45) is 0. The van der Waals surface area contributed by atoms with Gasteiger partial charge in [-0.15, -0.1) is 0 Å². The molecular weight excluding hydrogens is 394 g/mol. The van der Waals surface area contributed by atoms with Crippen LogP contribution in [0.4, 0.5) is 5.69 Å². The summed E-state index contributed by atoms with van der Waals surface area (Å²) in [5.41, 5.74) is 7.47. The number of anilines is 1. The normalized spacial score (nSPS) is 11.3. The monoisotopic (exact) mass is 415 g/mol. The Labute approximate surface area is 173 Å². The first kappa shape index (κ1) is 20.5. The largest absolute Gasteiger partial charge is 0.494 e. The van der Waals surface area contributed by atoms with E-state index >= 15 is 0 Å². The van der Waals surface area contributed by atoms with Crippen LogP contribution in [0.25, 0.3) is 11.4 Å². The first-order valence-corrected chi connectivity index (χ1v) is 9.52. The summed E-state index contributed by atoms with van der Waals surface area (Å²) in [6.45, 7) is 5.04. The Morgan fingerprint density at radius 1 is 1.14 bits per heavy atom. The number of benzene rings is 2. The Morgan fingerprint density at radius 3 is 2.62 bits per heavy atom. The van der Waals surface area contributed by atoms with Gasteiger partial charge in [-0.1, -0.05) is 16.8 Å². The Bertz CT molecular complexity index is 973. The molecule has 0 saturated heterocycles. The summed E-state index contributed by atoms with van der Waals surface area (Å²) in [5.74, 6) is 2.34. The van der Waals surface area contributed by atoms with E-state index < -0.39 is 0 Å². The number of aromatic nitrogens is 2. The number of nitrogens with one attached hydrogen (secondary N) is 1. The van der Waals surface area contributed by atoms with Gasteiger partial charge in [0.25, 0.3) is 0 Å². The van der Waals surface area contributed by atoms with Gasteiger partial charge in [-0.3, -0.25) is 0 Å². The van der Waals surface area contributed by atoms with E-state index in [0.29, 0.717) is 47.1 Å². The summed E-state index contributed by atoms with van der Waals surface area (Å²) in [4.78, 5) is 8.58. The molecule has 0 atom stereocenters. The van der Waals surface area contributed by atoms with Crippen molar-refractivity contribution >= 4 is 23.2 Å². The third kappa shape index (κ3) is 5.61. The first-order valence-electron chi connectivity index (χ1n) is 9.14. The van der Waals surface area contributed by atoms with Gasteiger partial charge < -0.3 is 25.0 Å². The van der Waals surface area contributed by atoms with E-state index in [-0.39, 0.29) is 12.5 Å². The highest BCUT2D eigenvalue weighted by molar-refractivity contribution is 6.30. The fraction of sp³-hybridized carbons (Fsp3) is 0.250. The van der Waals surface area contributed by atoms with E-state index in [1.54, 1.807) is 12.1 Å². The van der Waals surface area contributed by atoms with Crippen LogP contribution in [-0.4, -0.2) is 29.3 Å². The van der Waals surface area contributed by atoms with Crippen molar-refractivity contribution in [1.82, 2.24) is 10.1 Å². The summed E-state index contributed by atoms with van der Waals surface area (Å²) in [5, 5.41) is 7.62. The minimum Gasteiger partial charge on any atom is -0.494 e. The Hall–Kier alpha value is -3.26. The number of hydrogen-bond acceptors (Lipinski definition) is 6. The average molecular weight is 416 g/mol. The van der Waals surface area contributed by atoms with Gasteiger partial charge in [-0.05, 0) is 50.2 Å². The molecule has 3 rings (SSSR count). The minimum atomic E-state index is 0.133. The second-order valence-corrected chi connectivity index (χ2v) is 6.31. The minimum absolute atomic E-state index is 0.133. The highest BCUT2D eigenvalue weighted by Crippen LogP contribution is 2.29. The van der Waals surface area contributed by atoms with Crippen LogP contribution in [0, 0.1) is 0 Å². The molecule has 0 radical (unpaired) electrons. The third-order valence-electron chi connectivity index (χ3n) is 3.78. The van der Waals surface area contributed by atoms with Crippen molar-refractivity contribution in [3.63, 3.8) is 0 Å². The van der Waals surface area contributed by atoms with E-state index in [1.807, 2.05) is 44.2 Å². The van der Waals surface area contributed by atoms with E-state index in [1.165, 1.54) is 0 Å². The lowest BCUT2D eigenvalue weighted by molar-refractivity contribution is 0.332. The topological polar surface area (TPSA) is 108 Å². The highest BCUT2D eigenvalue weighted by Gasteiger charge is 2.10. The molecule has 0 bridgehead atoms. The maximum atomic E-state index is 6.02. The zero-order chi connectivity index (χ0) is 20.6. The fourth-order valence-corrected chi connectivity index (χ4v) is 2.64. The van der Waals surface area contributed by atoms with Gasteiger partial charge in [0.1, 0.15) is 18.0 Å². The van der Waals surface area contributed by atoms with Gasteiger partial charge in [0.05, 0.1) is 18.9 Å². The molecule has 0 aliphatic heterocycles. The third-order valence-corrected chi connectivity index (χ3v) is 4.03. The second kappa shape index (κ2) is 9.79. The summed E-state index contributed by atoms with van der Waals surface area (Å²) in [6, 6.07) is 12.6. The predicted molar refractivity (Wildman–Crippen MR) is 112 cm³/mol. The van der Waals surface area contributed by atoms with E-state index in [2.05, 4.69) is 20.4 Å². The summed E-state index contributed by atoms with van der Waals surface area (Å²) < 4.78 is 16.4. The fourth-order valence-electron chi connectivity index (χ4n) is 2.51. The molecule has 2 aromatic carbocycles. The lowest BCUT2D eigenvalue weighted by Crippen LogP contribution is -2.23. The van der Waals surface area contributed by atoms with E-state index in [4.69, 9.17) is 31.3 Å². The molecule has 152 valence electrons. The lowest BCUT2D eigenvalue weighted by Gasteiger charge is -2.13. The van der Waals surface area contributed by atoms with Crippen LogP contribution in [0.1, 0.15) is 19.7 Å². The molecule has 0 saturated carbocycles. The average Bonchev–Trinajstić information content (AvgIpc) is 3.18. The van der Waals surface area contributed by atoms with Crippen molar-refractivity contribution in [1.29, 1.82) is 0 Å². The molecule has 0 unspecified atom stereocenters. The molecule has 0 fully saturated rings. The quantitative estimate of drug-likeness (QED) is 0.421. The molecule has 0 spiro atoms. The smallest absolute Gasteiger partial charge is 0.248 e. The molecule has 3 aromatic rings. The van der Waals surface area contributed by atoms with Gasteiger partial charge in [0.2, 0.25) is 11.7 Å². The standard InChI is InChI=1S/C20H22ClN5O3/c1-3-27-15-9-10-17(28-4-2)16(11-15)24-20(22)23-12-18-25-19(26-29-18)13-5-7-14(21)8-6-13/h5-11H,3-4,12H2,1-2H3,(H3,22,23,24). The van der Waals surface area contributed by atoms with Crippen molar-refractivity contribution < 1.29 is 14.0 Å². The van der Waals surface area contributed by atoms with E-state index in [9.17, 15) is 0 Å². The number of halogens is 1. The van der Waals surface area contributed by atoms with Crippen LogP contribution >= 0.6 is 11.6 Å². The summed E-state index contributed by atoms with van der Waals surface area (Å²) in [7, 11) is 0. The van der Waals surface area contributed by atoms with Gasteiger partial charge >= 0.3 is 0 Å². The number of rotatable bonds is 8. The summed E-state index contributed by atoms with van der Waals surface area (Å²) >= 11 is 5.89. The number of nitrogens with zero attached hydrogens (tertiary/aromatic N) is 3. The van der Waals surface area contributed by atoms with Crippen LogP contribution in [0.2, 0.25) is 5.02 Å². The van der Waals surface area contributed by atoms with Gasteiger partial charge in [0, 0.05) is 16.7 Å². The van der Waals surface area contributed by atoms with Crippen LogP contribution in [-0.2, 0) is 6.54 Å². The van der Waals surface area contributed by atoms with Crippen LogP contribution in [0.15, 0.2) is 52.0 Å². The zero-order valence-corrected chi connectivity index (χ0v) is 16.9. The van der Waals surface area contributed by atoms with Gasteiger partial charge in [-0.2, -0.15) is 4.98 Å². The van der Waals surface area contributed by atoms with Crippen molar-refractivity contribution in [2.24, 2.45) is 10.7 Å². The molecule has 1 aromatic heterocycles. The van der Waals surface area contributed by atoms with E-state index in [0.717, 1.165) is 5.56 Å². The van der Waals surface area contributed by atoms with Crippen LogP contribution in [0.3, 0.4) is 0 Å². The molecule has 0 aliphatic rings. The van der Waals surface area contributed by atoms with Crippen molar-refractivity contribution in [2.45, 2.75) is 20.4 Å². The molecular formula is C20H22ClN5O3. The number of aliphatic imine (C=N–C) groups is 1. The molecule has 0 amide bonds. The Morgan fingerprint density at radius 2 is 1.90 bits per heavy atom. The van der Waals surface area contributed by atoms with Gasteiger partial charge in [-0.25, -0.2) is 4.99 Å². The predicted octanol–water partition coefficient (Wildman–Crippen LogP) is 4.11. The molecule has 3 N–H and O–H groups in total. The Balaban J connectivity index is 1.69. The number of guanidine groups is 1. The molecule has 8 nitrogen and oxygen atoms in total. The zero-order valence-electron chi connectivity index (χ0n) is 16.2. The maximum Gasteiger partial charge on any atom is 0.248 e. The lowest BCUT2D eigenvalue weighted by atomic mass is 10.2. The first-order chi connectivity index (χ1) is 14.1. The second-order valence-electron chi connectivity index (χ2n) is 5.87. The Kier molecular flexibility index (Phi) is 6.91. The molecule has 0 aliphatic carbocycles. The number of hydrogen-bond donors (Lipinski definition) is 2. The SMILES string of the molecule is CCOc1ccc(OCC)c(NC(N)=NCc2nc(-c3ccc(Cl)cc3)no2)c1. The number of ether oxygens (including phenoxy) is 2. The maximum absolute atomic E-state index is 6.02. The van der Waals surface area contributed by atoms with Crippen molar-refractivity contribution in [3.05, 3.63) is 53.4 Å². The molecule has 1 heterocycles. The number of nitrogens with two attached hydrogens (primary N) is 1. The van der Waals surface area contributed by atoms with Gasteiger partial charge in [0.15, 0.2) is 5.96 Å². The highest BCUT2D eigenvalue weighted by atomic mass is 35.5. The molecule has 29 heavy (non-hydrogen) atoms. The van der Waals surface area contributed by atoms with Crippen molar-refractivity contribution in [2.75, 3.05) is 18.5 Å². The van der Waals surface area contributed by atoms with Crippen LogP contribution < -0.4 is 20.5 Å². The molecule has 9 heteroatoms.